The number of carbonyl (C=O) groups excluding carboxylic acids is 2. The average molecular weight is 270 g/mol. The van der Waals surface area contributed by atoms with E-state index in [1.54, 1.807) is 11.1 Å². The van der Waals surface area contributed by atoms with Crippen LogP contribution in [0.1, 0.15) is 33.1 Å². The van der Waals surface area contributed by atoms with Crippen molar-refractivity contribution < 1.29 is 14.3 Å². The summed E-state index contributed by atoms with van der Waals surface area (Å²) in [5.41, 5.74) is 5.81. The number of carbonyl (C=O) groups is 2. The van der Waals surface area contributed by atoms with Crippen molar-refractivity contribution in [2.24, 2.45) is 35.5 Å². The van der Waals surface area contributed by atoms with Crippen molar-refractivity contribution in [2.75, 3.05) is 0 Å². The number of cyclic esters (lactones) is 2. The van der Waals surface area contributed by atoms with E-state index in [0.717, 1.165) is 0 Å². The number of rotatable bonds is 0. The molecule has 4 aliphatic carbocycles. The Morgan fingerprint density at radius 1 is 0.950 bits per heavy atom. The van der Waals surface area contributed by atoms with Gasteiger partial charge in [0.15, 0.2) is 0 Å². The molecule has 0 aromatic carbocycles. The molecule has 0 aromatic rings. The molecule has 104 valence electrons. The highest BCUT2D eigenvalue weighted by atomic mass is 16.6. The van der Waals surface area contributed by atoms with E-state index in [1.165, 1.54) is 30.4 Å². The first kappa shape index (κ1) is 11.3. The minimum absolute atomic E-state index is 0.199. The van der Waals surface area contributed by atoms with Crippen molar-refractivity contribution in [3.63, 3.8) is 0 Å². The van der Waals surface area contributed by atoms with Crippen LogP contribution < -0.4 is 0 Å². The SMILES string of the molecule is CC(C)=C1[C@H]2C3=C([C@H]4CC[C@H]3C4)[C@H]1[C@H]1C(=O)OC(=O)[C@H]21. The van der Waals surface area contributed by atoms with Crippen LogP contribution in [0.3, 0.4) is 0 Å². The quantitative estimate of drug-likeness (QED) is 0.294. The van der Waals surface area contributed by atoms with Gasteiger partial charge < -0.3 is 4.74 Å². The maximum absolute atomic E-state index is 12.1. The Morgan fingerprint density at radius 3 is 1.90 bits per heavy atom. The number of fused-ring (bicyclic) bond motifs is 11. The van der Waals surface area contributed by atoms with E-state index in [9.17, 15) is 9.59 Å². The summed E-state index contributed by atoms with van der Waals surface area (Å²) in [6, 6.07) is 0. The van der Waals surface area contributed by atoms with Crippen molar-refractivity contribution in [3.05, 3.63) is 22.3 Å². The lowest BCUT2D eigenvalue weighted by Crippen LogP contribution is -2.29. The molecule has 3 nitrogen and oxygen atoms in total. The molecular weight excluding hydrogens is 252 g/mol. The third-order valence-corrected chi connectivity index (χ3v) is 6.41. The molecule has 3 heteroatoms. The predicted molar refractivity (Wildman–Crippen MR) is 71.3 cm³/mol. The second-order valence-electron chi connectivity index (χ2n) is 7.32. The Balaban J connectivity index is 1.76. The Bertz CT molecular complexity index is 589. The first-order valence-electron chi connectivity index (χ1n) is 7.76. The number of hydrogen-bond acceptors (Lipinski definition) is 3. The number of hydrogen-bond donors (Lipinski definition) is 0. The molecule has 1 aliphatic heterocycles. The Labute approximate surface area is 118 Å². The van der Waals surface area contributed by atoms with E-state index < -0.39 is 0 Å². The molecule has 0 aromatic heterocycles. The summed E-state index contributed by atoms with van der Waals surface area (Å²) < 4.78 is 4.97. The van der Waals surface area contributed by atoms with Gasteiger partial charge in [-0.15, -0.1) is 0 Å². The summed E-state index contributed by atoms with van der Waals surface area (Å²) in [7, 11) is 0. The summed E-state index contributed by atoms with van der Waals surface area (Å²) in [4.78, 5) is 24.3. The van der Waals surface area contributed by atoms with E-state index in [1.807, 2.05) is 0 Å². The van der Waals surface area contributed by atoms with Crippen LogP contribution in [0.25, 0.3) is 0 Å². The highest BCUT2D eigenvalue weighted by Gasteiger charge is 2.68. The van der Waals surface area contributed by atoms with Crippen LogP contribution in [0.5, 0.6) is 0 Å². The fourth-order valence-electron chi connectivity index (χ4n) is 6.02. The first-order valence-corrected chi connectivity index (χ1v) is 7.76. The molecule has 5 aliphatic rings. The molecule has 0 N–H and O–H groups in total. The van der Waals surface area contributed by atoms with Crippen LogP contribution in [-0.4, -0.2) is 11.9 Å². The van der Waals surface area contributed by atoms with Crippen molar-refractivity contribution in [1.29, 1.82) is 0 Å². The van der Waals surface area contributed by atoms with Crippen molar-refractivity contribution >= 4 is 11.9 Å². The summed E-state index contributed by atoms with van der Waals surface area (Å²) in [6.07, 6.45) is 3.84. The van der Waals surface area contributed by atoms with Crippen LogP contribution in [0.15, 0.2) is 22.3 Å². The van der Waals surface area contributed by atoms with E-state index in [2.05, 4.69) is 13.8 Å². The largest absolute Gasteiger partial charge is 0.393 e. The molecule has 20 heavy (non-hydrogen) atoms. The molecular formula is C17H18O3. The molecule has 0 radical (unpaired) electrons. The van der Waals surface area contributed by atoms with Gasteiger partial charge in [0.25, 0.3) is 0 Å². The third kappa shape index (κ3) is 1.00. The maximum Gasteiger partial charge on any atom is 0.318 e. The molecule has 0 amide bonds. The lowest BCUT2D eigenvalue weighted by molar-refractivity contribution is -0.154. The van der Waals surface area contributed by atoms with Crippen molar-refractivity contribution in [3.8, 4) is 0 Å². The van der Waals surface area contributed by atoms with Gasteiger partial charge in [0.1, 0.15) is 0 Å². The van der Waals surface area contributed by atoms with Crippen LogP contribution >= 0.6 is 0 Å². The van der Waals surface area contributed by atoms with E-state index >= 15 is 0 Å². The zero-order chi connectivity index (χ0) is 13.8. The number of ether oxygens (including phenoxy) is 1. The number of esters is 2. The van der Waals surface area contributed by atoms with E-state index in [0.29, 0.717) is 11.8 Å². The van der Waals surface area contributed by atoms with Crippen molar-refractivity contribution in [1.82, 2.24) is 0 Å². The lowest BCUT2D eigenvalue weighted by Gasteiger charge is -2.28. The topological polar surface area (TPSA) is 43.4 Å². The Hall–Kier alpha value is -1.38. The Morgan fingerprint density at radius 2 is 1.45 bits per heavy atom. The molecule has 6 atom stereocenters. The molecule has 3 fully saturated rings. The van der Waals surface area contributed by atoms with Gasteiger partial charge in [-0.3, -0.25) is 9.59 Å². The molecule has 1 heterocycles. The van der Waals surface area contributed by atoms with Crippen LogP contribution in [0, 0.1) is 35.5 Å². The van der Waals surface area contributed by atoms with Gasteiger partial charge >= 0.3 is 11.9 Å². The fourth-order valence-corrected chi connectivity index (χ4v) is 6.02. The minimum atomic E-state index is -0.263. The summed E-state index contributed by atoms with van der Waals surface area (Å²) >= 11 is 0. The zero-order valence-corrected chi connectivity index (χ0v) is 11.8. The second-order valence-corrected chi connectivity index (χ2v) is 7.32. The second kappa shape index (κ2) is 3.26. The molecule has 0 unspecified atom stereocenters. The van der Waals surface area contributed by atoms with Crippen LogP contribution in [0.4, 0.5) is 0 Å². The molecule has 5 rings (SSSR count). The first-order chi connectivity index (χ1) is 9.59. The van der Waals surface area contributed by atoms with Gasteiger partial charge in [-0.05, 0) is 44.9 Å². The van der Waals surface area contributed by atoms with Crippen LogP contribution in [-0.2, 0) is 14.3 Å². The van der Waals surface area contributed by atoms with Gasteiger partial charge in [-0.25, -0.2) is 0 Å². The highest BCUT2D eigenvalue weighted by molar-refractivity contribution is 6.00. The van der Waals surface area contributed by atoms with Crippen molar-refractivity contribution in [2.45, 2.75) is 33.1 Å². The molecule has 0 spiro atoms. The molecule has 4 bridgehead atoms. The fraction of sp³-hybridized carbons (Fsp3) is 0.647. The van der Waals surface area contributed by atoms with Gasteiger partial charge in [-0.1, -0.05) is 22.3 Å². The summed E-state index contributed by atoms with van der Waals surface area (Å²) in [5.74, 6) is 0.859. The summed E-state index contributed by atoms with van der Waals surface area (Å²) in [5, 5.41) is 0. The smallest absolute Gasteiger partial charge is 0.318 e. The molecule has 1 saturated heterocycles. The van der Waals surface area contributed by atoms with Crippen LogP contribution in [0.2, 0.25) is 0 Å². The lowest BCUT2D eigenvalue weighted by atomic mass is 9.72. The summed E-state index contributed by atoms with van der Waals surface area (Å²) in [6.45, 7) is 4.27. The normalized spacial score (nSPS) is 47.2. The van der Waals surface area contributed by atoms with Gasteiger partial charge in [0, 0.05) is 11.8 Å². The van der Waals surface area contributed by atoms with E-state index in [-0.39, 0.29) is 35.6 Å². The zero-order valence-electron chi connectivity index (χ0n) is 11.8. The highest BCUT2D eigenvalue weighted by Crippen LogP contribution is 2.70. The predicted octanol–water partition coefficient (Wildman–Crippen LogP) is 2.62. The average Bonchev–Trinajstić information content (AvgIpc) is 3.13. The van der Waals surface area contributed by atoms with Gasteiger partial charge in [0.2, 0.25) is 0 Å². The molecule has 2 saturated carbocycles. The number of allylic oxidation sites excluding steroid dienone is 4. The standard InChI is InChI=1S/C17H18O3/c1-6(2)9-12-10-7-3-4-8(5-7)11(10)13(9)15-14(12)16(18)20-17(15)19/h7-8,12-15H,3-5H2,1-2H3/t7-,8-,12-,13-,14+,15+/m0/s1. The minimum Gasteiger partial charge on any atom is -0.393 e. The van der Waals surface area contributed by atoms with E-state index in [4.69, 9.17) is 4.74 Å². The maximum atomic E-state index is 12.1. The Kier molecular flexibility index (Phi) is 1.84. The third-order valence-electron chi connectivity index (χ3n) is 6.41. The van der Waals surface area contributed by atoms with Gasteiger partial charge in [-0.2, -0.15) is 0 Å². The van der Waals surface area contributed by atoms with Gasteiger partial charge in [0.05, 0.1) is 11.8 Å². The monoisotopic (exact) mass is 270 g/mol.